The number of aliphatic hydroxyl groups excluding tert-OH is 1. The molecule has 162 valence electrons. The lowest BCUT2D eigenvalue weighted by atomic mass is 9.76. The van der Waals surface area contributed by atoms with Crippen LogP contribution in [0.25, 0.3) is 10.8 Å². The quantitative estimate of drug-likeness (QED) is 0.659. The van der Waals surface area contributed by atoms with E-state index < -0.39 is 0 Å². The Hall–Kier alpha value is -2.85. The minimum Gasteiger partial charge on any atom is -0.454 e. The molecular weight excluding hydrogens is 384 g/mol. The second-order valence-electron chi connectivity index (χ2n) is 9.68. The third-order valence-corrected chi connectivity index (χ3v) is 5.97. The van der Waals surface area contributed by atoms with E-state index in [1.165, 1.54) is 10.9 Å². The minimum atomic E-state index is -0.123. The Kier molecular flexibility index (Phi) is 5.30. The van der Waals surface area contributed by atoms with Crippen molar-refractivity contribution in [3.63, 3.8) is 0 Å². The molecule has 0 amide bonds. The monoisotopic (exact) mass is 416 g/mol. The van der Waals surface area contributed by atoms with Crippen molar-refractivity contribution in [1.82, 2.24) is 0 Å². The van der Waals surface area contributed by atoms with Crippen LogP contribution in [0.1, 0.15) is 44.2 Å². The van der Waals surface area contributed by atoms with E-state index in [4.69, 9.17) is 9.73 Å². The topological polar surface area (TPSA) is 45.1 Å². The Balaban J connectivity index is 2.16. The maximum absolute atomic E-state index is 9.85. The Labute approximate surface area is 185 Å². The van der Waals surface area contributed by atoms with Crippen LogP contribution in [0, 0.1) is 5.41 Å². The summed E-state index contributed by atoms with van der Waals surface area (Å²) in [5.74, 6) is 1.61. The second kappa shape index (κ2) is 7.69. The van der Waals surface area contributed by atoms with Crippen LogP contribution in [0.5, 0.6) is 5.75 Å². The van der Waals surface area contributed by atoms with Gasteiger partial charge in [-0.2, -0.15) is 0 Å². The molecule has 4 heteroatoms. The third kappa shape index (κ3) is 3.49. The van der Waals surface area contributed by atoms with E-state index >= 15 is 0 Å². The van der Waals surface area contributed by atoms with Crippen LogP contribution in [0.4, 0.5) is 5.69 Å². The van der Waals surface area contributed by atoms with E-state index in [0.29, 0.717) is 6.42 Å². The van der Waals surface area contributed by atoms with Crippen LogP contribution < -0.4 is 9.64 Å². The molecule has 0 radical (unpaired) electrons. The number of aliphatic hydroxyl groups is 1. The molecule has 1 N–H and O–H groups in total. The van der Waals surface area contributed by atoms with Gasteiger partial charge in [-0.25, -0.2) is 0 Å². The van der Waals surface area contributed by atoms with Gasteiger partial charge in [-0.15, -0.1) is 6.58 Å². The number of benzene rings is 2. The number of hydrogen-bond donors (Lipinski definition) is 1. The van der Waals surface area contributed by atoms with Crippen molar-refractivity contribution < 1.29 is 9.84 Å². The molecule has 2 aromatic carbocycles. The molecule has 2 aromatic rings. The van der Waals surface area contributed by atoms with E-state index in [-0.39, 0.29) is 24.0 Å². The number of fused-ring (bicyclic) bond motifs is 2. The summed E-state index contributed by atoms with van der Waals surface area (Å²) in [5.41, 5.74) is 4.83. The molecule has 0 saturated carbocycles. The SMILES string of the molecule is C=CC1N=C2C(=C)/C(=C\C(C)(C)C)Oc3c2c(c2ccccc2c3N(C)C)C1CCO. The van der Waals surface area contributed by atoms with E-state index in [1.54, 1.807) is 0 Å². The van der Waals surface area contributed by atoms with Crippen molar-refractivity contribution in [2.45, 2.75) is 39.2 Å². The first kappa shape index (κ1) is 21.4. The molecule has 0 saturated heterocycles. The fourth-order valence-corrected chi connectivity index (χ4v) is 4.76. The van der Waals surface area contributed by atoms with Crippen molar-refractivity contribution in [1.29, 1.82) is 0 Å². The average molecular weight is 417 g/mol. The molecule has 2 aliphatic rings. The van der Waals surface area contributed by atoms with Crippen molar-refractivity contribution in [3.8, 4) is 5.75 Å². The van der Waals surface area contributed by atoms with Gasteiger partial charge >= 0.3 is 0 Å². The average Bonchev–Trinajstić information content (AvgIpc) is 2.70. The number of hydrogen-bond acceptors (Lipinski definition) is 4. The lowest BCUT2D eigenvalue weighted by Crippen LogP contribution is -2.32. The first-order valence-electron chi connectivity index (χ1n) is 10.9. The highest BCUT2D eigenvalue weighted by Crippen LogP contribution is 2.52. The summed E-state index contributed by atoms with van der Waals surface area (Å²) in [4.78, 5) is 7.20. The highest BCUT2D eigenvalue weighted by atomic mass is 16.5. The second-order valence-corrected chi connectivity index (χ2v) is 9.68. The summed E-state index contributed by atoms with van der Waals surface area (Å²) in [7, 11) is 4.09. The summed E-state index contributed by atoms with van der Waals surface area (Å²) in [5, 5.41) is 12.2. The van der Waals surface area contributed by atoms with E-state index in [1.807, 2.05) is 20.2 Å². The maximum atomic E-state index is 9.85. The fourth-order valence-electron chi connectivity index (χ4n) is 4.76. The zero-order chi connectivity index (χ0) is 22.5. The highest BCUT2D eigenvalue weighted by Gasteiger charge is 2.40. The molecule has 0 aliphatic carbocycles. The third-order valence-electron chi connectivity index (χ3n) is 5.97. The van der Waals surface area contributed by atoms with E-state index in [2.05, 4.69) is 69.2 Å². The number of aliphatic imine (C=N–C) groups is 1. The largest absolute Gasteiger partial charge is 0.454 e. The molecule has 2 aliphatic heterocycles. The Morgan fingerprint density at radius 2 is 1.87 bits per heavy atom. The van der Waals surface area contributed by atoms with Gasteiger partial charge in [0.25, 0.3) is 0 Å². The van der Waals surface area contributed by atoms with Gasteiger partial charge in [0.2, 0.25) is 0 Å². The van der Waals surface area contributed by atoms with Crippen LogP contribution >= 0.6 is 0 Å². The van der Waals surface area contributed by atoms with Crippen LogP contribution in [-0.2, 0) is 0 Å². The summed E-state index contributed by atoms with van der Waals surface area (Å²) in [6.07, 6.45) is 4.63. The van der Waals surface area contributed by atoms with Gasteiger partial charge in [-0.1, -0.05) is 57.7 Å². The summed E-state index contributed by atoms with van der Waals surface area (Å²) in [6.45, 7) is 15.0. The molecule has 0 spiro atoms. The molecule has 2 unspecified atom stereocenters. The molecular formula is C27H32N2O2. The predicted octanol–water partition coefficient (Wildman–Crippen LogP) is 5.61. The number of ether oxygens (including phenoxy) is 1. The fraction of sp³-hybridized carbons (Fsp3) is 0.370. The molecule has 4 rings (SSSR count). The molecule has 2 atom stereocenters. The lowest BCUT2D eigenvalue weighted by Gasteiger charge is -2.38. The predicted molar refractivity (Wildman–Crippen MR) is 131 cm³/mol. The Morgan fingerprint density at radius 3 is 2.45 bits per heavy atom. The van der Waals surface area contributed by atoms with Gasteiger partial charge < -0.3 is 14.7 Å². The van der Waals surface area contributed by atoms with Gasteiger partial charge in [0.05, 0.1) is 17.4 Å². The molecule has 31 heavy (non-hydrogen) atoms. The number of anilines is 1. The van der Waals surface area contributed by atoms with Gasteiger partial charge in [0.1, 0.15) is 5.76 Å². The molecule has 2 heterocycles. The van der Waals surface area contributed by atoms with Crippen LogP contribution in [0.3, 0.4) is 0 Å². The molecule has 0 aromatic heterocycles. The zero-order valence-electron chi connectivity index (χ0n) is 19.2. The van der Waals surface area contributed by atoms with Crippen LogP contribution in [0.15, 0.2) is 65.9 Å². The standard InChI is InChI=1S/C27H32N2O2/c1-8-20-19(13-14-30)22-17-11-9-10-12-18(17)25(29(6)7)26-23(22)24(28-20)16(2)21(31-26)15-27(3,4)5/h8-12,15,19-20,30H,1-2,13-14H2,3-7H3/b21-15+. The van der Waals surface area contributed by atoms with Crippen molar-refractivity contribution >= 4 is 22.2 Å². The first-order chi connectivity index (χ1) is 14.7. The smallest absolute Gasteiger partial charge is 0.161 e. The number of nitrogens with zero attached hydrogens (tertiary/aromatic N) is 2. The summed E-state index contributed by atoms with van der Waals surface area (Å²) < 4.78 is 6.61. The Morgan fingerprint density at radius 1 is 1.19 bits per heavy atom. The summed E-state index contributed by atoms with van der Waals surface area (Å²) in [6, 6.07) is 8.31. The van der Waals surface area contributed by atoms with Crippen molar-refractivity contribution in [3.05, 3.63) is 72.0 Å². The van der Waals surface area contributed by atoms with E-state index in [0.717, 1.165) is 39.4 Å². The molecule has 4 nitrogen and oxygen atoms in total. The lowest BCUT2D eigenvalue weighted by molar-refractivity contribution is 0.271. The van der Waals surface area contributed by atoms with Crippen LogP contribution in [0.2, 0.25) is 0 Å². The molecule has 0 bridgehead atoms. The zero-order valence-corrected chi connectivity index (χ0v) is 19.2. The summed E-state index contributed by atoms with van der Waals surface area (Å²) >= 11 is 0. The van der Waals surface area contributed by atoms with Gasteiger partial charge in [0, 0.05) is 43.1 Å². The van der Waals surface area contributed by atoms with Gasteiger partial charge in [-0.3, -0.25) is 4.99 Å². The van der Waals surface area contributed by atoms with Gasteiger partial charge in [-0.05, 0) is 28.9 Å². The van der Waals surface area contributed by atoms with Crippen molar-refractivity contribution in [2.75, 3.05) is 25.6 Å². The molecule has 0 fully saturated rings. The maximum Gasteiger partial charge on any atom is 0.161 e. The number of allylic oxidation sites excluding steroid dienone is 2. The minimum absolute atomic E-state index is 0.0330. The Bertz CT molecular complexity index is 1130. The highest BCUT2D eigenvalue weighted by molar-refractivity contribution is 6.23. The number of rotatable bonds is 4. The van der Waals surface area contributed by atoms with Crippen molar-refractivity contribution in [2.24, 2.45) is 10.4 Å². The van der Waals surface area contributed by atoms with Crippen LogP contribution in [-0.4, -0.2) is 37.6 Å². The first-order valence-corrected chi connectivity index (χ1v) is 10.9. The van der Waals surface area contributed by atoms with E-state index in [9.17, 15) is 5.11 Å². The normalized spacial score (nSPS) is 21.5. The van der Waals surface area contributed by atoms with Gasteiger partial charge in [0.15, 0.2) is 5.75 Å².